The second kappa shape index (κ2) is 5.62. The highest BCUT2D eigenvalue weighted by atomic mass is 32.1. The van der Waals surface area contributed by atoms with Crippen molar-refractivity contribution in [2.75, 3.05) is 19.8 Å². The summed E-state index contributed by atoms with van der Waals surface area (Å²) in [6, 6.07) is 2.32. The molecule has 0 saturated carbocycles. The third-order valence-electron chi connectivity index (χ3n) is 3.14. The van der Waals surface area contributed by atoms with Crippen LogP contribution in [0, 0.1) is 0 Å². The Hall–Kier alpha value is -0.910. The number of hydrogen-bond acceptors (Lipinski definition) is 4. The molecule has 0 amide bonds. The Morgan fingerprint density at radius 2 is 2.53 bits per heavy atom. The zero-order valence-electron chi connectivity index (χ0n) is 9.89. The number of carbonyl (C=O) groups is 1. The number of carboxylic acid groups (broad SMARTS) is 1. The summed E-state index contributed by atoms with van der Waals surface area (Å²) in [7, 11) is 0. The molecule has 17 heavy (non-hydrogen) atoms. The minimum Gasteiger partial charge on any atom is -0.477 e. The highest BCUT2D eigenvalue weighted by molar-refractivity contribution is 7.12. The Morgan fingerprint density at radius 1 is 1.71 bits per heavy atom. The first-order valence-corrected chi connectivity index (χ1v) is 6.71. The van der Waals surface area contributed by atoms with Crippen molar-refractivity contribution in [3.8, 4) is 0 Å². The molecule has 1 atom stereocenters. The summed E-state index contributed by atoms with van der Waals surface area (Å²) in [4.78, 5) is 13.8. The van der Waals surface area contributed by atoms with Gasteiger partial charge in [-0.2, -0.15) is 0 Å². The van der Waals surface area contributed by atoms with E-state index in [1.807, 2.05) is 11.4 Å². The fourth-order valence-corrected chi connectivity index (χ4v) is 2.89. The molecule has 0 bridgehead atoms. The molecule has 0 aromatic carbocycles. The highest BCUT2D eigenvalue weighted by Crippen LogP contribution is 2.21. The van der Waals surface area contributed by atoms with Crippen molar-refractivity contribution in [2.45, 2.75) is 25.9 Å². The Labute approximate surface area is 105 Å². The second-order valence-electron chi connectivity index (χ2n) is 4.19. The quantitative estimate of drug-likeness (QED) is 0.894. The van der Waals surface area contributed by atoms with Crippen LogP contribution in [0.25, 0.3) is 0 Å². The predicted molar refractivity (Wildman–Crippen MR) is 66.6 cm³/mol. The summed E-state index contributed by atoms with van der Waals surface area (Å²) in [5, 5.41) is 10.9. The van der Waals surface area contributed by atoms with Crippen LogP contribution in [0.1, 0.15) is 28.6 Å². The topological polar surface area (TPSA) is 49.8 Å². The van der Waals surface area contributed by atoms with E-state index >= 15 is 0 Å². The molecule has 2 heterocycles. The molecule has 1 saturated heterocycles. The minimum absolute atomic E-state index is 0.408. The van der Waals surface area contributed by atoms with Crippen LogP contribution in [0.5, 0.6) is 0 Å². The van der Waals surface area contributed by atoms with Crippen LogP contribution >= 0.6 is 11.3 Å². The monoisotopic (exact) mass is 255 g/mol. The number of carboxylic acids is 1. The zero-order chi connectivity index (χ0) is 12.3. The van der Waals surface area contributed by atoms with E-state index in [1.54, 1.807) is 0 Å². The van der Waals surface area contributed by atoms with Gasteiger partial charge < -0.3 is 9.84 Å². The van der Waals surface area contributed by atoms with Gasteiger partial charge in [0.15, 0.2) is 0 Å². The van der Waals surface area contributed by atoms with Crippen molar-refractivity contribution < 1.29 is 14.6 Å². The van der Waals surface area contributed by atoms with Crippen molar-refractivity contribution in [1.29, 1.82) is 0 Å². The lowest BCUT2D eigenvalue weighted by Crippen LogP contribution is -2.44. The van der Waals surface area contributed by atoms with Gasteiger partial charge in [0.05, 0.1) is 13.2 Å². The molecule has 94 valence electrons. The van der Waals surface area contributed by atoms with E-state index in [9.17, 15) is 4.79 Å². The van der Waals surface area contributed by atoms with Crippen molar-refractivity contribution in [3.05, 3.63) is 21.9 Å². The van der Waals surface area contributed by atoms with Gasteiger partial charge in [-0.3, -0.25) is 4.90 Å². The molecule has 1 aliphatic heterocycles. The molecule has 1 fully saturated rings. The van der Waals surface area contributed by atoms with Gasteiger partial charge >= 0.3 is 5.97 Å². The number of rotatable bonds is 4. The summed E-state index contributed by atoms with van der Waals surface area (Å²) in [5.74, 6) is -0.823. The van der Waals surface area contributed by atoms with Crippen molar-refractivity contribution >= 4 is 17.3 Å². The molecule has 1 unspecified atom stereocenters. The minimum atomic E-state index is -0.823. The van der Waals surface area contributed by atoms with E-state index in [-0.39, 0.29) is 0 Å². The van der Waals surface area contributed by atoms with Gasteiger partial charge in [0.2, 0.25) is 0 Å². The van der Waals surface area contributed by atoms with Crippen LogP contribution in [0.4, 0.5) is 0 Å². The molecule has 5 heteroatoms. The molecule has 4 nitrogen and oxygen atoms in total. The summed E-state index contributed by atoms with van der Waals surface area (Å²) < 4.78 is 5.44. The van der Waals surface area contributed by atoms with Gasteiger partial charge in [0.1, 0.15) is 4.88 Å². The van der Waals surface area contributed by atoms with Gasteiger partial charge in [-0.05, 0) is 23.4 Å². The summed E-state index contributed by atoms with van der Waals surface area (Å²) in [6.45, 7) is 5.23. The Kier molecular flexibility index (Phi) is 4.15. The Balaban J connectivity index is 2.08. The summed E-state index contributed by atoms with van der Waals surface area (Å²) in [5.41, 5.74) is 0.919. The third-order valence-corrected chi connectivity index (χ3v) is 4.08. The normalized spacial score (nSPS) is 21.6. The summed E-state index contributed by atoms with van der Waals surface area (Å²) >= 11 is 1.30. The van der Waals surface area contributed by atoms with Gasteiger partial charge in [-0.25, -0.2) is 4.79 Å². The van der Waals surface area contributed by atoms with Gasteiger partial charge in [-0.15, -0.1) is 11.3 Å². The lowest BCUT2D eigenvalue weighted by molar-refractivity contribution is -0.0127. The number of nitrogens with zero attached hydrogens (tertiary/aromatic N) is 1. The zero-order valence-corrected chi connectivity index (χ0v) is 10.7. The van der Waals surface area contributed by atoms with Crippen LogP contribution in [0.3, 0.4) is 0 Å². The molecule has 1 N–H and O–H groups in total. The van der Waals surface area contributed by atoms with Crippen LogP contribution < -0.4 is 0 Å². The first kappa shape index (κ1) is 12.5. The van der Waals surface area contributed by atoms with Crippen molar-refractivity contribution in [1.82, 2.24) is 4.90 Å². The molecule has 0 radical (unpaired) electrons. The van der Waals surface area contributed by atoms with E-state index < -0.39 is 5.97 Å². The number of morpholine rings is 1. The molecule has 0 aliphatic carbocycles. The lowest BCUT2D eigenvalue weighted by atomic mass is 10.1. The number of ether oxygens (including phenoxy) is 1. The largest absolute Gasteiger partial charge is 0.477 e. The SMILES string of the molecule is CCC1COCCN1Cc1ccsc1C(=O)O. The smallest absolute Gasteiger partial charge is 0.346 e. The first-order valence-electron chi connectivity index (χ1n) is 5.83. The molecule has 0 spiro atoms. The maximum absolute atomic E-state index is 11.0. The van der Waals surface area contributed by atoms with E-state index in [1.165, 1.54) is 11.3 Å². The van der Waals surface area contributed by atoms with E-state index in [0.717, 1.165) is 31.7 Å². The third kappa shape index (κ3) is 2.86. The van der Waals surface area contributed by atoms with Crippen molar-refractivity contribution in [2.24, 2.45) is 0 Å². The maximum Gasteiger partial charge on any atom is 0.346 e. The van der Waals surface area contributed by atoms with Gasteiger partial charge in [-0.1, -0.05) is 6.92 Å². The molecular weight excluding hydrogens is 238 g/mol. The van der Waals surface area contributed by atoms with Crippen LogP contribution in [-0.2, 0) is 11.3 Å². The molecule has 1 aliphatic rings. The second-order valence-corrected chi connectivity index (χ2v) is 5.10. The molecular formula is C12H17NO3S. The number of aromatic carboxylic acids is 1. The fourth-order valence-electron chi connectivity index (χ4n) is 2.14. The Bertz CT molecular complexity index is 391. The van der Waals surface area contributed by atoms with Gasteiger partial charge in [0, 0.05) is 19.1 Å². The average molecular weight is 255 g/mol. The standard InChI is InChI=1S/C12H17NO3S/c1-2-10-8-16-5-4-13(10)7-9-3-6-17-11(9)12(14)15/h3,6,10H,2,4-5,7-8H2,1H3,(H,14,15). The van der Waals surface area contributed by atoms with Crippen LogP contribution in [0.2, 0.25) is 0 Å². The Morgan fingerprint density at radius 3 is 3.24 bits per heavy atom. The van der Waals surface area contributed by atoms with Gasteiger partial charge in [0.25, 0.3) is 0 Å². The molecule has 1 aromatic heterocycles. The van der Waals surface area contributed by atoms with Crippen LogP contribution in [0.15, 0.2) is 11.4 Å². The van der Waals surface area contributed by atoms with Crippen molar-refractivity contribution in [3.63, 3.8) is 0 Å². The van der Waals surface area contributed by atoms with E-state index in [4.69, 9.17) is 9.84 Å². The fraction of sp³-hybridized carbons (Fsp3) is 0.583. The number of hydrogen-bond donors (Lipinski definition) is 1. The average Bonchev–Trinajstić information content (AvgIpc) is 2.78. The summed E-state index contributed by atoms with van der Waals surface area (Å²) in [6.07, 6.45) is 1.03. The van der Waals surface area contributed by atoms with Crippen LogP contribution in [-0.4, -0.2) is 41.8 Å². The lowest BCUT2D eigenvalue weighted by Gasteiger charge is -2.34. The van der Waals surface area contributed by atoms with E-state index in [2.05, 4.69) is 11.8 Å². The molecule has 1 aromatic rings. The number of thiophene rings is 1. The predicted octanol–water partition coefficient (Wildman–Crippen LogP) is 2.06. The maximum atomic E-state index is 11.0. The van der Waals surface area contributed by atoms with E-state index in [0.29, 0.717) is 17.5 Å². The first-order chi connectivity index (χ1) is 8.22. The highest BCUT2D eigenvalue weighted by Gasteiger charge is 2.23. The molecule has 2 rings (SSSR count).